The van der Waals surface area contributed by atoms with Gasteiger partial charge in [0.15, 0.2) is 0 Å². The first-order valence-corrected chi connectivity index (χ1v) is 9.95. The number of hydrogen-bond acceptors (Lipinski definition) is 4. The molecular formula is C16H32N2O4S. The first kappa shape index (κ1) is 22.1. The maximum Gasteiger partial charge on any atom is 0.243 e. The Morgan fingerprint density at radius 3 is 2.48 bits per heavy atom. The Hall–Kier alpha value is -0.920. The fourth-order valence-corrected chi connectivity index (χ4v) is 3.07. The normalized spacial score (nSPS) is 15.7. The molecule has 0 aliphatic rings. The van der Waals surface area contributed by atoms with Crippen LogP contribution in [0.1, 0.15) is 46.5 Å². The zero-order chi connectivity index (χ0) is 17.9. The summed E-state index contributed by atoms with van der Waals surface area (Å²) in [5.41, 5.74) is 0. The molecule has 3 atom stereocenters. The molecule has 0 aromatic rings. The Morgan fingerprint density at radius 2 is 1.96 bits per heavy atom. The molecule has 0 aliphatic heterocycles. The maximum atomic E-state index is 11.2. The van der Waals surface area contributed by atoms with E-state index in [-0.39, 0.29) is 17.7 Å². The Kier molecular flexibility index (Phi) is 11.1. The summed E-state index contributed by atoms with van der Waals surface area (Å²) in [5.74, 6) is -0.124. The van der Waals surface area contributed by atoms with Gasteiger partial charge in [0.2, 0.25) is 5.91 Å². The molecule has 136 valence electrons. The highest BCUT2D eigenvalue weighted by molar-refractivity contribution is 7.85. The van der Waals surface area contributed by atoms with Crippen molar-refractivity contribution >= 4 is 16.0 Å². The summed E-state index contributed by atoms with van der Waals surface area (Å²) in [5, 5.41) is 2.79. The second kappa shape index (κ2) is 11.6. The quantitative estimate of drug-likeness (QED) is 0.370. The molecule has 7 heteroatoms. The largest absolute Gasteiger partial charge is 0.748 e. The zero-order valence-electron chi connectivity index (χ0n) is 14.6. The van der Waals surface area contributed by atoms with Gasteiger partial charge in [-0.15, -0.1) is 0 Å². The van der Waals surface area contributed by atoms with Crippen LogP contribution in [0.3, 0.4) is 0 Å². The number of carbonyl (C=O) groups excluding carboxylic acids is 1. The third-order valence-corrected chi connectivity index (χ3v) is 4.85. The van der Waals surface area contributed by atoms with Crippen LogP contribution in [-0.4, -0.2) is 50.3 Å². The number of amides is 1. The molecule has 0 heterocycles. The van der Waals surface area contributed by atoms with Gasteiger partial charge in [-0.25, -0.2) is 8.42 Å². The lowest BCUT2D eigenvalue weighted by Gasteiger charge is -2.27. The molecule has 3 unspecified atom stereocenters. The minimum atomic E-state index is -4.15. The van der Waals surface area contributed by atoms with E-state index in [4.69, 9.17) is 0 Å². The second-order valence-corrected chi connectivity index (χ2v) is 7.83. The van der Waals surface area contributed by atoms with Gasteiger partial charge in [-0.3, -0.25) is 4.79 Å². The third kappa shape index (κ3) is 12.2. The van der Waals surface area contributed by atoms with E-state index in [1.165, 1.54) is 11.0 Å². The second-order valence-electron chi connectivity index (χ2n) is 6.31. The fraction of sp³-hybridized carbons (Fsp3) is 0.812. The monoisotopic (exact) mass is 348 g/mol. The molecule has 0 rings (SSSR count). The number of hydrogen-bond donors (Lipinski definition) is 2. The highest BCUT2D eigenvalue weighted by Crippen LogP contribution is 1.99. The number of rotatable bonds is 13. The summed E-state index contributed by atoms with van der Waals surface area (Å²) in [4.78, 5) is 12.5. The molecule has 23 heavy (non-hydrogen) atoms. The molecule has 1 amide bonds. The Morgan fingerprint density at radius 1 is 1.30 bits per heavy atom. The van der Waals surface area contributed by atoms with Crippen LogP contribution in [0, 0.1) is 5.92 Å². The fourth-order valence-electron chi connectivity index (χ4n) is 2.43. The average molecular weight is 349 g/mol. The lowest BCUT2D eigenvalue weighted by Crippen LogP contribution is -3.15. The van der Waals surface area contributed by atoms with E-state index in [1.807, 2.05) is 6.92 Å². The summed E-state index contributed by atoms with van der Waals surface area (Å²) in [6.07, 6.45) is 4.75. The van der Waals surface area contributed by atoms with Crippen molar-refractivity contribution in [2.45, 2.75) is 52.5 Å². The van der Waals surface area contributed by atoms with E-state index in [9.17, 15) is 17.8 Å². The van der Waals surface area contributed by atoms with Gasteiger partial charge in [0.05, 0.1) is 29.2 Å². The van der Waals surface area contributed by atoms with Gasteiger partial charge in [-0.1, -0.05) is 26.8 Å². The minimum Gasteiger partial charge on any atom is -0.748 e. The SMILES string of the molecule is C=CC(=O)NCC(C)CC[NH+](CCCC)C(C)CCS(=O)(=O)[O-]. The van der Waals surface area contributed by atoms with Crippen LogP contribution >= 0.6 is 0 Å². The first-order valence-electron chi connectivity index (χ1n) is 8.38. The topological polar surface area (TPSA) is 90.7 Å². The predicted molar refractivity (Wildman–Crippen MR) is 91.2 cm³/mol. The standard InChI is InChI=1S/C16H32N2O4S/c1-5-7-10-18(15(4)9-12-23(20,21)22)11-8-14(3)13-17-16(19)6-2/h6,14-15H,2,5,7-13H2,1,3-4H3,(H,17,19)(H,20,21,22). The molecule has 2 N–H and O–H groups in total. The van der Waals surface area contributed by atoms with Crippen LogP contribution in [0.4, 0.5) is 0 Å². The average Bonchev–Trinajstić information content (AvgIpc) is 2.49. The first-order chi connectivity index (χ1) is 10.7. The van der Waals surface area contributed by atoms with Crippen LogP contribution in [-0.2, 0) is 14.9 Å². The maximum absolute atomic E-state index is 11.2. The van der Waals surface area contributed by atoms with Gasteiger partial charge in [0, 0.05) is 25.1 Å². The van der Waals surface area contributed by atoms with E-state index in [0.29, 0.717) is 18.9 Å². The molecule has 0 aromatic carbocycles. The molecule has 6 nitrogen and oxygen atoms in total. The van der Waals surface area contributed by atoms with Crippen LogP contribution in [0.15, 0.2) is 12.7 Å². The van der Waals surface area contributed by atoms with Crippen molar-refractivity contribution in [1.29, 1.82) is 0 Å². The van der Waals surface area contributed by atoms with Crippen molar-refractivity contribution in [1.82, 2.24) is 5.32 Å². The Balaban J connectivity index is 4.36. The third-order valence-electron chi connectivity index (χ3n) is 4.12. The van der Waals surface area contributed by atoms with Crippen LogP contribution < -0.4 is 10.2 Å². The summed E-state index contributed by atoms with van der Waals surface area (Å²) in [6, 6.07) is 0.139. The molecule has 0 aliphatic carbocycles. The molecule has 0 aromatic heterocycles. The van der Waals surface area contributed by atoms with Gasteiger partial charge >= 0.3 is 0 Å². The van der Waals surface area contributed by atoms with Crippen molar-refractivity contribution in [2.75, 3.05) is 25.4 Å². The smallest absolute Gasteiger partial charge is 0.243 e. The van der Waals surface area contributed by atoms with E-state index >= 15 is 0 Å². The van der Waals surface area contributed by atoms with Crippen molar-refractivity contribution in [2.24, 2.45) is 5.92 Å². The van der Waals surface area contributed by atoms with Gasteiger partial charge < -0.3 is 14.8 Å². The van der Waals surface area contributed by atoms with E-state index < -0.39 is 10.1 Å². The lowest BCUT2D eigenvalue weighted by molar-refractivity contribution is -0.924. The lowest BCUT2D eigenvalue weighted by atomic mass is 10.1. The summed E-state index contributed by atoms with van der Waals surface area (Å²) >= 11 is 0. The predicted octanol–water partition coefficient (Wildman–Crippen LogP) is 0.324. The van der Waals surface area contributed by atoms with Crippen LogP contribution in [0.2, 0.25) is 0 Å². The molecular weight excluding hydrogens is 316 g/mol. The number of nitrogens with one attached hydrogen (secondary N) is 2. The van der Waals surface area contributed by atoms with Crippen molar-refractivity contribution in [3.63, 3.8) is 0 Å². The van der Waals surface area contributed by atoms with Gasteiger partial charge in [-0.2, -0.15) is 0 Å². The molecule has 0 bridgehead atoms. The summed E-state index contributed by atoms with van der Waals surface area (Å²) in [6.45, 7) is 12.1. The zero-order valence-corrected chi connectivity index (χ0v) is 15.5. The molecule has 0 radical (unpaired) electrons. The molecule has 0 fully saturated rings. The van der Waals surface area contributed by atoms with E-state index in [0.717, 1.165) is 32.4 Å². The van der Waals surface area contributed by atoms with Crippen molar-refractivity contribution < 1.29 is 22.7 Å². The Bertz CT molecular complexity index is 451. The van der Waals surface area contributed by atoms with Crippen molar-refractivity contribution in [3.05, 3.63) is 12.7 Å². The Labute approximate surface area is 141 Å². The molecule has 0 saturated carbocycles. The summed E-state index contributed by atoms with van der Waals surface area (Å²) in [7, 11) is -4.15. The van der Waals surface area contributed by atoms with Gasteiger partial charge in [0.1, 0.15) is 0 Å². The van der Waals surface area contributed by atoms with Gasteiger partial charge in [-0.05, 0) is 25.3 Å². The molecule has 0 spiro atoms. The van der Waals surface area contributed by atoms with Crippen molar-refractivity contribution in [3.8, 4) is 0 Å². The van der Waals surface area contributed by atoms with Gasteiger partial charge in [0.25, 0.3) is 0 Å². The van der Waals surface area contributed by atoms with E-state index in [2.05, 4.69) is 25.7 Å². The highest BCUT2D eigenvalue weighted by atomic mass is 32.2. The number of quaternary nitrogens is 1. The van der Waals surface area contributed by atoms with Crippen LogP contribution in [0.5, 0.6) is 0 Å². The minimum absolute atomic E-state index is 0.139. The van der Waals surface area contributed by atoms with E-state index in [1.54, 1.807) is 0 Å². The highest BCUT2D eigenvalue weighted by Gasteiger charge is 2.19. The summed E-state index contributed by atoms with van der Waals surface area (Å²) < 4.78 is 32.4. The molecule has 0 saturated heterocycles. The number of carbonyl (C=O) groups is 1. The van der Waals surface area contributed by atoms with Crippen LogP contribution in [0.25, 0.3) is 0 Å². The number of unbranched alkanes of at least 4 members (excludes halogenated alkanes) is 1.